The number of anilines is 1. The highest BCUT2D eigenvalue weighted by atomic mass is 79.9. The number of rotatable bonds is 5. The van der Waals surface area contributed by atoms with Crippen LogP contribution in [-0.2, 0) is 17.9 Å². The lowest BCUT2D eigenvalue weighted by Gasteiger charge is -2.04. The number of hydrogen-bond acceptors (Lipinski definition) is 3. The van der Waals surface area contributed by atoms with E-state index in [0.29, 0.717) is 25.4 Å². The SMILES string of the molecule is Nc1cnn(CCOCc2ccc(Br)cc2)c1. The number of benzene rings is 1. The van der Waals surface area contributed by atoms with Crippen LogP contribution in [0, 0.1) is 0 Å². The molecule has 0 radical (unpaired) electrons. The zero-order valence-electron chi connectivity index (χ0n) is 9.34. The molecule has 1 aromatic carbocycles. The number of hydrogen-bond donors (Lipinski definition) is 1. The van der Waals surface area contributed by atoms with E-state index >= 15 is 0 Å². The van der Waals surface area contributed by atoms with Crippen molar-refractivity contribution in [1.29, 1.82) is 0 Å². The number of aromatic nitrogens is 2. The van der Waals surface area contributed by atoms with Gasteiger partial charge >= 0.3 is 0 Å². The van der Waals surface area contributed by atoms with Crippen LogP contribution in [0.25, 0.3) is 0 Å². The summed E-state index contributed by atoms with van der Waals surface area (Å²) in [6, 6.07) is 8.09. The summed E-state index contributed by atoms with van der Waals surface area (Å²) >= 11 is 3.40. The van der Waals surface area contributed by atoms with Crippen molar-refractivity contribution in [2.24, 2.45) is 0 Å². The molecule has 0 spiro atoms. The van der Waals surface area contributed by atoms with Crippen molar-refractivity contribution in [3.8, 4) is 0 Å². The molecule has 90 valence electrons. The zero-order valence-corrected chi connectivity index (χ0v) is 10.9. The Morgan fingerprint density at radius 1 is 1.29 bits per heavy atom. The molecule has 1 aromatic heterocycles. The molecule has 4 nitrogen and oxygen atoms in total. The van der Waals surface area contributed by atoms with E-state index in [4.69, 9.17) is 10.5 Å². The van der Waals surface area contributed by atoms with Gasteiger partial charge in [-0.05, 0) is 17.7 Å². The number of ether oxygens (including phenoxy) is 1. The molecule has 0 saturated heterocycles. The second-order valence-electron chi connectivity index (χ2n) is 3.72. The van der Waals surface area contributed by atoms with Gasteiger partial charge in [-0.25, -0.2) is 0 Å². The first-order valence-corrected chi connectivity index (χ1v) is 6.13. The number of nitrogens with two attached hydrogens (primary N) is 1. The van der Waals surface area contributed by atoms with Crippen molar-refractivity contribution in [3.63, 3.8) is 0 Å². The summed E-state index contributed by atoms with van der Waals surface area (Å²) in [5.74, 6) is 0. The highest BCUT2D eigenvalue weighted by molar-refractivity contribution is 9.10. The standard InChI is InChI=1S/C12H14BrN3O/c13-11-3-1-10(2-4-11)9-17-6-5-16-8-12(14)7-15-16/h1-4,7-8H,5-6,9,14H2. The van der Waals surface area contributed by atoms with Gasteiger partial charge in [0.2, 0.25) is 0 Å². The lowest BCUT2D eigenvalue weighted by molar-refractivity contribution is 0.111. The van der Waals surface area contributed by atoms with E-state index < -0.39 is 0 Å². The largest absolute Gasteiger partial charge is 0.396 e. The molecule has 0 aliphatic heterocycles. The molecule has 17 heavy (non-hydrogen) atoms. The van der Waals surface area contributed by atoms with Gasteiger partial charge in [0.1, 0.15) is 0 Å². The summed E-state index contributed by atoms with van der Waals surface area (Å²) < 4.78 is 8.41. The van der Waals surface area contributed by atoms with E-state index in [2.05, 4.69) is 21.0 Å². The number of nitrogen functional groups attached to an aromatic ring is 1. The van der Waals surface area contributed by atoms with Crippen LogP contribution in [0.4, 0.5) is 5.69 Å². The van der Waals surface area contributed by atoms with Crippen LogP contribution in [0.2, 0.25) is 0 Å². The molecule has 0 amide bonds. The fourth-order valence-electron chi connectivity index (χ4n) is 1.43. The molecule has 0 aliphatic rings. The van der Waals surface area contributed by atoms with Gasteiger partial charge in [0, 0.05) is 10.7 Å². The Labute approximate surface area is 109 Å². The van der Waals surface area contributed by atoms with Crippen molar-refractivity contribution < 1.29 is 4.74 Å². The first-order valence-electron chi connectivity index (χ1n) is 5.34. The molecular formula is C12H14BrN3O. The molecule has 2 aromatic rings. The summed E-state index contributed by atoms with van der Waals surface area (Å²) in [5, 5.41) is 4.08. The molecule has 2 rings (SSSR count). The summed E-state index contributed by atoms with van der Waals surface area (Å²) in [4.78, 5) is 0. The molecular weight excluding hydrogens is 282 g/mol. The minimum atomic E-state index is 0.615. The van der Waals surface area contributed by atoms with E-state index in [1.807, 2.05) is 24.3 Å². The van der Waals surface area contributed by atoms with Gasteiger partial charge < -0.3 is 10.5 Å². The third kappa shape index (κ3) is 3.87. The number of nitrogens with zero attached hydrogens (tertiary/aromatic N) is 2. The Hall–Kier alpha value is -1.33. The molecule has 0 saturated carbocycles. The van der Waals surface area contributed by atoms with Crippen LogP contribution in [0.3, 0.4) is 0 Å². The predicted octanol–water partition coefficient (Wildman–Crippen LogP) is 2.44. The fourth-order valence-corrected chi connectivity index (χ4v) is 1.69. The molecule has 0 bridgehead atoms. The summed E-state index contributed by atoms with van der Waals surface area (Å²) in [7, 11) is 0. The zero-order chi connectivity index (χ0) is 12.1. The quantitative estimate of drug-likeness (QED) is 0.862. The van der Waals surface area contributed by atoms with Gasteiger partial charge in [-0.15, -0.1) is 0 Å². The topological polar surface area (TPSA) is 53.1 Å². The van der Waals surface area contributed by atoms with Crippen LogP contribution in [0.5, 0.6) is 0 Å². The van der Waals surface area contributed by atoms with Gasteiger partial charge in [0.25, 0.3) is 0 Å². The molecule has 2 N–H and O–H groups in total. The van der Waals surface area contributed by atoms with Gasteiger partial charge in [-0.2, -0.15) is 5.10 Å². The van der Waals surface area contributed by atoms with E-state index in [9.17, 15) is 0 Å². The Bertz CT molecular complexity index is 467. The van der Waals surface area contributed by atoms with Gasteiger partial charge in [0.05, 0.1) is 31.6 Å². The molecule has 1 heterocycles. The molecule has 0 unspecified atom stereocenters. The average Bonchev–Trinajstić information content (AvgIpc) is 2.73. The van der Waals surface area contributed by atoms with Crippen LogP contribution in [-0.4, -0.2) is 16.4 Å². The van der Waals surface area contributed by atoms with Gasteiger partial charge in [-0.1, -0.05) is 28.1 Å². The average molecular weight is 296 g/mol. The van der Waals surface area contributed by atoms with E-state index in [0.717, 1.165) is 10.0 Å². The molecule has 0 atom stereocenters. The Morgan fingerprint density at radius 2 is 2.06 bits per heavy atom. The fraction of sp³-hybridized carbons (Fsp3) is 0.250. The second kappa shape index (κ2) is 5.84. The number of halogens is 1. The van der Waals surface area contributed by atoms with Crippen LogP contribution >= 0.6 is 15.9 Å². The maximum absolute atomic E-state index is 5.56. The van der Waals surface area contributed by atoms with Crippen LogP contribution < -0.4 is 5.73 Å². The second-order valence-corrected chi connectivity index (χ2v) is 4.63. The lowest BCUT2D eigenvalue weighted by atomic mass is 10.2. The van der Waals surface area contributed by atoms with E-state index in [1.165, 1.54) is 0 Å². The highest BCUT2D eigenvalue weighted by Crippen LogP contribution is 2.11. The highest BCUT2D eigenvalue weighted by Gasteiger charge is 1.96. The molecule has 0 fully saturated rings. The Balaban J connectivity index is 1.71. The molecule has 0 aliphatic carbocycles. The maximum Gasteiger partial charge on any atom is 0.0719 e. The predicted molar refractivity (Wildman–Crippen MR) is 70.4 cm³/mol. The van der Waals surface area contributed by atoms with Gasteiger partial charge in [0.15, 0.2) is 0 Å². The first kappa shape index (κ1) is 12.1. The van der Waals surface area contributed by atoms with Crippen molar-refractivity contribution in [2.75, 3.05) is 12.3 Å². The van der Waals surface area contributed by atoms with Crippen molar-refractivity contribution in [1.82, 2.24) is 9.78 Å². The maximum atomic E-state index is 5.56. The first-order chi connectivity index (χ1) is 8.24. The monoisotopic (exact) mass is 295 g/mol. The third-order valence-electron chi connectivity index (χ3n) is 2.30. The summed E-state index contributed by atoms with van der Waals surface area (Å²) in [6.07, 6.45) is 3.43. The summed E-state index contributed by atoms with van der Waals surface area (Å²) in [6.45, 7) is 1.95. The van der Waals surface area contributed by atoms with E-state index in [-0.39, 0.29) is 0 Å². The van der Waals surface area contributed by atoms with E-state index in [1.54, 1.807) is 17.1 Å². The van der Waals surface area contributed by atoms with Crippen molar-refractivity contribution >= 4 is 21.6 Å². The van der Waals surface area contributed by atoms with Crippen LogP contribution in [0.15, 0.2) is 41.1 Å². The third-order valence-corrected chi connectivity index (χ3v) is 2.83. The van der Waals surface area contributed by atoms with Crippen molar-refractivity contribution in [2.45, 2.75) is 13.2 Å². The Morgan fingerprint density at radius 3 is 2.71 bits per heavy atom. The normalized spacial score (nSPS) is 10.6. The lowest BCUT2D eigenvalue weighted by Crippen LogP contribution is -2.06. The summed E-state index contributed by atoms with van der Waals surface area (Å²) in [5.41, 5.74) is 7.40. The smallest absolute Gasteiger partial charge is 0.0719 e. The molecule has 5 heteroatoms. The van der Waals surface area contributed by atoms with Gasteiger partial charge in [-0.3, -0.25) is 4.68 Å². The minimum Gasteiger partial charge on any atom is -0.396 e. The van der Waals surface area contributed by atoms with Crippen molar-refractivity contribution in [3.05, 3.63) is 46.7 Å². The minimum absolute atomic E-state index is 0.615. The van der Waals surface area contributed by atoms with Crippen LogP contribution in [0.1, 0.15) is 5.56 Å². The Kier molecular flexibility index (Phi) is 4.17.